The number of benzene rings is 2. The number of hydrogen-bond acceptors (Lipinski definition) is 7. The van der Waals surface area contributed by atoms with Crippen molar-refractivity contribution in [3.63, 3.8) is 0 Å². The van der Waals surface area contributed by atoms with Gasteiger partial charge in [-0.15, -0.1) is 0 Å². The van der Waals surface area contributed by atoms with Gasteiger partial charge in [0.05, 0.1) is 12.7 Å². The number of fused-ring (bicyclic) bond motifs is 1. The molecule has 0 unspecified atom stereocenters. The van der Waals surface area contributed by atoms with E-state index in [-0.39, 0.29) is 28.9 Å². The van der Waals surface area contributed by atoms with E-state index in [1.165, 1.54) is 31.4 Å². The van der Waals surface area contributed by atoms with Crippen LogP contribution in [0, 0.1) is 6.92 Å². The number of nitrogens with one attached hydrogen (secondary N) is 1. The maximum absolute atomic E-state index is 12.6. The molecule has 1 aromatic heterocycles. The second-order valence-corrected chi connectivity index (χ2v) is 9.11. The minimum Gasteiger partial charge on any atom is -0.495 e. The summed E-state index contributed by atoms with van der Waals surface area (Å²) in [5.41, 5.74) is 1.34. The third-order valence-electron chi connectivity index (χ3n) is 4.93. The molecule has 162 valence electrons. The van der Waals surface area contributed by atoms with E-state index in [4.69, 9.17) is 13.9 Å². The summed E-state index contributed by atoms with van der Waals surface area (Å²) in [4.78, 5) is 24.4. The van der Waals surface area contributed by atoms with Crippen LogP contribution in [0.2, 0.25) is 0 Å². The molecular formula is C22H21NO7S. The minimum absolute atomic E-state index is 0.0556. The fraction of sp³-hybridized carbons (Fsp3) is 0.273. The van der Waals surface area contributed by atoms with E-state index in [1.807, 2.05) is 13.0 Å². The van der Waals surface area contributed by atoms with E-state index in [0.717, 1.165) is 18.4 Å². The van der Waals surface area contributed by atoms with Gasteiger partial charge in [-0.1, -0.05) is 12.1 Å². The Morgan fingerprint density at radius 1 is 1.16 bits per heavy atom. The van der Waals surface area contributed by atoms with E-state index >= 15 is 0 Å². The van der Waals surface area contributed by atoms with Gasteiger partial charge in [0, 0.05) is 23.1 Å². The van der Waals surface area contributed by atoms with Crippen LogP contribution in [0.5, 0.6) is 5.75 Å². The van der Waals surface area contributed by atoms with E-state index in [1.54, 1.807) is 12.1 Å². The van der Waals surface area contributed by atoms with Crippen molar-refractivity contribution in [2.45, 2.75) is 37.3 Å². The molecule has 1 aliphatic carbocycles. The van der Waals surface area contributed by atoms with Crippen LogP contribution in [0.25, 0.3) is 11.0 Å². The molecule has 1 saturated carbocycles. The second-order valence-electron chi connectivity index (χ2n) is 7.43. The number of rotatable bonds is 7. The van der Waals surface area contributed by atoms with Crippen LogP contribution in [0.15, 0.2) is 56.6 Å². The summed E-state index contributed by atoms with van der Waals surface area (Å²) in [6.45, 7) is 1.71. The SMILES string of the molecule is COc1ccc(C(=O)OCc2cc(=O)oc3cc(C)ccc23)cc1S(=O)(=O)NC1CC1. The van der Waals surface area contributed by atoms with Crippen molar-refractivity contribution < 1.29 is 27.1 Å². The third-order valence-corrected chi connectivity index (χ3v) is 6.47. The van der Waals surface area contributed by atoms with Crippen LogP contribution < -0.4 is 15.1 Å². The molecule has 3 aromatic rings. The number of esters is 1. The summed E-state index contributed by atoms with van der Waals surface area (Å²) in [5.74, 6) is -0.592. The lowest BCUT2D eigenvalue weighted by Gasteiger charge is -2.12. The molecule has 0 aliphatic heterocycles. The van der Waals surface area contributed by atoms with Gasteiger partial charge in [0.1, 0.15) is 22.8 Å². The summed E-state index contributed by atoms with van der Waals surface area (Å²) >= 11 is 0. The molecule has 31 heavy (non-hydrogen) atoms. The molecule has 1 aliphatic rings. The van der Waals surface area contributed by atoms with Gasteiger partial charge in [-0.3, -0.25) is 0 Å². The molecule has 0 atom stereocenters. The van der Waals surface area contributed by atoms with Gasteiger partial charge >= 0.3 is 11.6 Å². The summed E-state index contributed by atoms with van der Waals surface area (Å²) in [5, 5.41) is 0.657. The van der Waals surface area contributed by atoms with Crippen molar-refractivity contribution in [1.82, 2.24) is 4.72 Å². The predicted molar refractivity (Wildman–Crippen MR) is 113 cm³/mol. The van der Waals surface area contributed by atoms with Crippen molar-refractivity contribution >= 4 is 27.0 Å². The van der Waals surface area contributed by atoms with Crippen molar-refractivity contribution in [2.75, 3.05) is 7.11 Å². The van der Waals surface area contributed by atoms with Crippen molar-refractivity contribution in [3.05, 3.63) is 69.6 Å². The number of sulfonamides is 1. The number of ether oxygens (including phenoxy) is 2. The smallest absolute Gasteiger partial charge is 0.338 e. The number of methoxy groups -OCH3 is 1. The van der Waals surface area contributed by atoms with Gasteiger partial charge in [0.25, 0.3) is 0 Å². The summed E-state index contributed by atoms with van der Waals surface area (Å²) in [7, 11) is -2.48. The number of carbonyl (C=O) groups excluding carboxylic acids is 1. The van der Waals surface area contributed by atoms with Gasteiger partial charge < -0.3 is 13.9 Å². The summed E-state index contributed by atoms with van der Waals surface area (Å²) in [6.07, 6.45) is 1.56. The number of hydrogen-bond donors (Lipinski definition) is 1. The van der Waals surface area contributed by atoms with Crippen LogP contribution in [0.4, 0.5) is 0 Å². The molecule has 8 nitrogen and oxygen atoms in total. The first-order valence-electron chi connectivity index (χ1n) is 9.68. The largest absolute Gasteiger partial charge is 0.495 e. The lowest BCUT2D eigenvalue weighted by Crippen LogP contribution is -2.26. The van der Waals surface area contributed by atoms with E-state index in [0.29, 0.717) is 16.5 Å². The first-order chi connectivity index (χ1) is 14.8. The third kappa shape index (κ3) is 4.62. The lowest BCUT2D eigenvalue weighted by molar-refractivity contribution is 0.0473. The second kappa shape index (κ2) is 8.16. The molecule has 0 spiro atoms. The fourth-order valence-corrected chi connectivity index (χ4v) is 4.68. The predicted octanol–water partition coefficient (Wildman–Crippen LogP) is 2.91. The maximum atomic E-state index is 12.6. The summed E-state index contributed by atoms with van der Waals surface area (Å²) < 4.78 is 43.6. The molecule has 0 radical (unpaired) electrons. The maximum Gasteiger partial charge on any atom is 0.338 e. The Labute approximate surface area is 178 Å². The Balaban J connectivity index is 1.59. The Morgan fingerprint density at radius 2 is 1.94 bits per heavy atom. The standard InChI is InChI=1S/C22H21NO7S/c1-13-3-7-17-15(11-21(24)30-19(17)9-13)12-29-22(25)14-4-8-18(28-2)20(10-14)31(26,27)23-16-5-6-16/h3-4,7-11,16,23H,5-6,12H2,1-2H3. The van der Waals surface area contributed by atoms with Crippen LogP contribution in [0.1, 0.15) is 34.3 Å². The highest BCUT2D eigenvalue weighted by atomic mass is 32.2. The van der Waals surface area contributed by atoms with E-state index < -0.39 is 21.6 Å². The highest BCUT2D eigenvalue weighted by Crippen LogP contribution is 2.29. The normalized spacial score (nSPS) is 13.9. The van der Waals surface area contributed by atoms with Crippen molar-refractivity contribution in [3.8, 4) is 5.75 Å². The molecule has 1 heterocycles. The molecule has 0 bridgehead atoms. The number of aryl methyl sites for hydroxylation is 1. The Bertz CT molecular complexity index is 1320. The fourth-order valence-electron chi connectivity index (χ4n) is 3.18. The van der Waals surface area contributed by atoms with E-state index in [2.05, 4.69) is 4.72 Å². The molecule has 1 N–H and O–H groups in total. The van der Waals surface area contributed by atoms with Gasteiger partial charge in [-0.05, 0) is 49.6 Å². The number of carbonyl (C=O) groups is 1. The lowest BCUT2D eigenvalue weighted by atomic mass is 10.1. The topological polar surface area (TPSA) is 112 Å². The average Bonchev–Trinajstić information content (AvgIpc) is 3.54. The molecule has 1 fully saturated rings. The van der Waals surface area contributed by atoms with Gasteiger partial charge in [0.15, 0.2) is 0 Å². The van der Waals surface area contributed by atoms with Crippen molar-refractivity contribution in [2.24, 2.45) is 0 Å². The highest BCUT2D eigenvalue weighted by Gasteiger charge is 2.30. The van der Waals surface area contributed by atoms with Gasteiger partial charge in [0.2, 0.25) is 10.0 Å². The van der Waals surface area contributed by atoms with Crippen LogP contribution >= 0.6 is 0 Å². The average molecular weight is 443 g/mol. The summed E-state index contributed by atoms with van der Waals surface area (Å²) in [6, 6.07) is 10.6. The van der Waals surface area contributed by atoms with Crippen LogP contribution in [0.3, 0.4) is 0 Å². The minimum atomic E-state index is -3.84. The molecular weight excluding hydrogens is 422 g/mol. The zero-order valence-corrected chi connectivity index (χ0v) is 17.8. The first kappa shape index (κ1) is 21.1. The monoisotopic (exact) mass is 443 g/mol. The molecule has 0 saturated heterocycles. The van der Waals surface area contributed by atoms with Crippen LogP contribution in [-0.2, 0) is 21.4 Å². The van der Waals surface area contributed by atoms with Gasteiger partial charge in [-0.25, -0.2) is 22.7 Å². The molecule has 2 aromatic carbocycles. The zero-order chi connectivity index (χ0) is 22.2. The molecule has 4 rings (SSSR count). The Morgan fingerprint density at radius 3 is 2.65 bits per heavy atom. The Kier molecular flexibility index (Phi) is 5.55. The van der Waals surface area contributed by atoms with E-state index in [9.17, 15) is 18.0 Å². The Hall–Kier alpha value is -3.17. The highest BCUT2D eigenvalue weighted by molar-refractivity contribution is 7.89. The quantitative estimate of drug-likeness (QED) is 0.441. The first-order valence-corrected chi connectivity index (χ1v) is 11.2. The molecule has 9 heteroatoms. The van der Waals surface area contributed by atoms with Crippen molar-refractivity contribution in [1.29, 1.82) is 0 Å². The zero-order valence-electron chi connectivity index (χ0n) is 17.0. The van der Waals surface area contributed by atoms with Crippen LogP contribution in [-0.4, -0.2) is 27.5 Å². The molecule has 0 amide bonds. The van der Waals surface area contributed by atoms with Gasteiger partial charge in [-0.2, -0.15) is 0 Å².